The van der Waals surface area contributed by atoms with Crippen LogP contribution >= 0.6 is 11.6 Å². The number of carbonyl (C=O) groups is 2. The first-order valence-electron chi connectivity index (χ1n) is 8.25. The van der Waals surface area contributed by atoms with Gasteiger partial charge < -0.3 is 16.0 Å². The molecule has 3 aromatic rings. The second-order valence-corrected chi connectivity index (χ2v) is 6.54. The molecule has 27 heavy (non-hydrogen) atoms. The van der Waals surface area contributed by atoms with Crippen molar-refractivity contribution in [2.24, 2.45) is 0 Å². The van der Waals surface area contributed by atoms with Crippen molar-refractivity contribution in [2.75, 3.05) is 16.0 Å². The first kappa shape index (κ1) is 17.1. The zero-order valence-corrected chi connectivity index (χ0v) is 15.1. The molecule has 1 aliphatic rings. The van der Waals surface area contributed by atoms with E-state index in [9.17, 15) is 9.59 Å². The summed E-state index contributed by atoms with van der Waals surface area (Å²) < 4.78 is 0. The number of hydrogen-bond donors (Lipinski definition) is 3. The number of carbonyl (C=O) groups excluding carboxylic acids is 2. The number of rotatable bonds is 3. The number of amides is 1. The molecule has 7 heteroatoms. The molecule has 0 aliphatic carbocycles. The maximum Gasteiger partial charge on any atom is 0.257 e. The summed E-state index contributed by atoms with van der Waals surface area (Å²) in [5, 5.41) is 9.74. The number of hydrogen-bond acceptors (Lipinski definition) is 5. The summed E-state index contributed by atoms with van der Waals surface area (Å²) in [7, 11) is 0. The topological polar surface area (TPSA) is 83.1 Å². The molecular weight excluding hydrogens is 364 g/mol. The highest BCUT2D eigenvalue weighted by Gasteiger charge is 2.20. The molecule has 4 rings (SSSR count). The van der Waals surface area contributed by atoms with Gasteiger partial charge in [-0.2, -0.15) is 0 Å². The van der Waals surface area contributed by atoms with Crippen molar-refractivity contribution >= 4 is 51.7 Å². The molecule has 6 nitrogen and oxygen atoms in total. The van der Waals surface area contributed by atoms with Crippen molar-refractivity contribution in [3.8, 4) is 0 Å². The van der Waals surface area contributed by atoms with E-state index in [1.54, 1.807) is 42.6 Å². The van der Waals surface area contributed by atoms with Crippen LogP contribution in [0.3, 0.4) is 0 Å². The van der Waals surface area contributed by atoms with Crippen LogP contribution in [0.1, 0.15) is 27.6 Å². The van der Waals surface area contributed by atoms with Crippen LogP contribution in [0.25, 0.3) is 0 Å². The van der Waals surface area contributed by atoms with E-state index in [0.29, 0.717) is 27.7 Å². The van der Waals surface area contributed by atoms with Crippen LogP contribution in [-0.4, -0.2) is 16.7 Å². The van der Waals surface area contributed by atoms with Gasteiger partial charge in [0.2, 0.25) is 0 Å². The number of halogens is 1. The highest BCUT2D eigenvalue weighted by atomic mass is 35.5. The zero-order valence-electron chi connectivity index (χ0n) is 14.3. The van der Waals surface area contributed by atoms with Gasteiger partial charge in [0.15, 0.2) is 5.78 Å². The third kappa shape index (κ3) is 3.47. The van der Waals surface area contributed by atoms with Gasteiger partial charge in [0.1, 0.15) is 5.15 Å². The summed E-state index contributed by atoms with van der Waals surface area (Å²) in [6, 6.07) is 14.1. The molecule has 0 bridgehead atoms. The third-order valence-corrected chi connectivity index (χ3v) is 4.43. The summed E-state index contributed by atoms with van der Waals surface area (Å²) in [5.74, 6) is -0.299. The molecule has 0 saturated carbocycles. The lowest BCUT2D eigenvalue weighted by molar-refractivity contribution is 0.101. The number of anilines is 5. The Morgan fingerprint density at radius 2 is 1.78 bits per heavy atom. The van der Waals surface area contributed by atoms with Gasteiger partial charge in [-0.1, -0.05) is 11.6 Å². The summed E-state index contributed by atoms with van der Waals surface area (Å²) >= 11 is 5.92. The van der Waals surface area contributed by atoms with Gasteiger partial charge in [-0.15, -0.1) is 0 Å². The molecule has 1 aromatic heterocycles. The fourth-order valence-electron chi connectivity index (χ4n) is 2.88. The number of nitrogens with zero attached hydrogens (tertiary/aromatic N) is 1. The highest BCUT2D eigenvalue weighted by Crippen LogP contribution is 2.34. The molecule has 1 amide bonds. The number of aromatic nitrogens is 1. The Morgan fingerprint density at radius 3 is 2.56 bits per heavy atom. The molecule has 1 aliphatic heterocycles. The van der Waals surface area contributed by atoms with Gasteiger partial charge in [0.05, 0.1) is 22.6 Å². The SMILES string of the molecule is CC(=O)c1ccc2c(c1)NC(=O)c1ccc(Nc3ccnc(Cl)c3)cc1N2. The van der Waals surface area contributed by atoms with Gasteiger partial charge in [0.25, 0.3) is 5.91 Å². The minimum Gasteiger partial charge on any atom is -0.355 e. The van der Waals surface area contributed by atoms with Crippen molar-refractivity contribution in [3.63, 3.8) is 0 Å². The normalized spacial score (nSPS) is 12.1. The van der Waals surface area contributed by atoms with Crippen molar-refractivity contribution < 1.29 is 9.59 Å². The minimum atomic E-state index is -0.240. The summed E-state index contributed by atoms with van der Waals surface area (Å²) in [5.41, 5.74) is 4.58. The molecule has 0 fully saturated rings. The summed E-state index contributed by atoms with van der Waals surface area (Å²) in [6.45, 7) is 1.49. The molecule has 2 heterocycles. The van der Waals surface area contributed by atoms with Crippen LogP contribution in [-0.2, 0) is 0 Å². The fourth-order valence-corrected chi connectivity index (χ4v) is 3.05. The van der Waals surface area contributed by atoms with E-state index < -0.39 is 0 Å². The highest BCUT2D eigenvalue weighted by molar-refractivity contribution is 6.29. The molecule has 134 valence electrons. The van der Waals surface area contributed by atoms with Crippen LogP contribution < -0.4 is 16.0 Å². The van der Waals surface area contributed by atoms with Crippen LogP contribution in [0.5, 0.6) is 0 Å². The number of benzene rings is 2. The number of nitrogens with one attached hydrogen (secondary N) is 3. The fraction of sp³-hybridized carbons (Fsp3) is 0.0500. The van der Waals surface area contributed by atoms with Crippen LogP contribution in [0, 0.1) is 0 Å². The lowest BCUT2D eigenvalue weighted by atomic mass is 10.1. The average molecular weight is 379 g/mol. The Kier molecular flexibility index (Phi) is 4.25. The van der Waals surface area contributed by atoms with Gasteiger partial charge >= 0.3 is 0 Å². The van der Waals surface area contributed by atoms with E-state index in [1.807, 2.05) is 12.1 Å². The number of ketones is 1. The molecular formula is C20H15ClN4O2. The molecule has 0 unspecified atom stereocenters. The summed E-state index contributed by atoms with van der Waals surface area (Å²) in [6.07, 6.45) is 1.61. The maximum absolute atomic E-state index is 12.6. The Morgan fingerprint density at radius 1 is 0.963 bits per heavy atom. The van der Waals surface area contributed by atoms with Crippen LogP contribution in [0.2, 0.25) is 5.15 Å². The first-order chi connectivity index (χ1) is 13.0. The van der Waals surface area contributed by atoms with E-state index in [-0.39, 0.29) is 11.7 Å². The quantitative estimate of drug-likeness (QED) is 0.441. The number of pyridine rings is 1. The first-order valence-corrected chi connectivity index (χ1v) is 8.63. The molecule has 0 radical (unpaired) electrons. The number of Topliss-reactive ketones (excluding diaryl/α,β-unsaturated/α-hetero) is 1. The monoisotopic (exact) mass is 378 g/mol. The standard InChI is InChI=1S/C20H15ClN4O2/c1-11(26)12-2-5-16-18(8-12)25-20(27)15-4-3-13(9-17(15)24-16)23-14-6-7-22-19(21)10-14/h2-10,24H,1H3,(H,22,23)(H,25,27). The largest absolute Gasteiger partial charge is 0.355 e. The Hall–Kier alpha value is -3.38. The molecule has 0 spiro atoms. The van der Waals surface area contributed by atoms with Crippen molar-refractivity contribution in [2.45, 2.75) is 6.92 Å². The lowest BCUT2D eigenvalue weighted by Crippen LogP contribution is -2.11. The van der Waals surface area contributed by atoms with Gasteiger partial charge in [-0.05, 0) is 55.5 Å². The summed E-state index contributed by atoms with van der Waals surface area (Å²) in [4.78, 5) is 28.1. The zero-order chi connectivity index (χ0) is 19.0. The van der Waals surface area contributed by atoms with Crippen LogP contribution in [0.15, 0.2) is 54.7 Å². The molecule has 3 N–H and O–H groups in total. The van der Waals surface area contributed by atoms with Gasteiger partial charge in [-0.3, -0.25) is 9.59 Å². The van der Waals surface area contributed by atoms with Crippen molar-refractivity contribution in [1.29, 1.82) is 0 Å². The van der Waals surface area contributed by atoms with Gasteiger partial charge in [-0.25, -0.2) is 4.98 Å². The van der Waals surface area contributed by atoms with Crippen molar-refractivity contribution in [1.82, 2.24) is 4.98 Å². The second-order valence-electron chi connectivity index (χ2n) is 6.15. The van der Waals surface area contributed by atoms with E-state index in [0.717, 1.165) is 17.1 Å². The third-order valence-electron chi connectivity index (χ3n) is 4.22. The van der Waals surface area contributed by atoms with E-state index in [4.69, 9.17) is 11.6 Å². The Bertz CT molecular complexity index is 1080. The van der Waals surface area contributed by atoms with Crippen molar-refractivity contribution in [3.05, 3.63) is 71.0 Å². The number of fused-ring (bicyclic) bond motifs is 2. The van der Waals surface area contributed by atoms with E-state index in [1.165, 1.54) is 6.92 Å². The average Bonchev–Trinajstić information content (AvgIpc) is 2.76. The van der Waals surface area contributed by atoms with E-state index >= 15 is 0 Å². The minimum absolute atomic E-state index is 0.0590. The molecule has 2 aromatic carbocycles. The smallest absolute Gasteiger partial charge is 0.257 e. The Balaban J connectivity index is 1.69. The predicted octanol–water partition coefficient (Wildman–Crippen LogP) is 4.99. The van der Waals surface area contributed by atoms with Crippen LogP contribution in [0.4, 0.5) is 28.4 Å². The molecule has 0 atom stereocenters. The Labute approximate surface area is 160 Å². The van der Waals surface area contributed by atoms with Gasteiger partial charge in [0, 0.05) is 23.1 Å². The molecule has 0 saturated heterocycles. The maximum atomic E-state index is 12.6. The predicted molar refractivity (Wildman–Crippen MR) is 107 cm³/mol. The second kappa shape index (κ2) is 6.74. The van der Waals surface area contributed by atoms with E-state index in [2.05, 4.69) is 20.9 Å². The lowest BCUT2D eigenvalue weighted by Gasteiger charge is -2.12.